The molecule has 0 radical (unpaired) electrons. The molecule has 0 aliphatic carbocycles. The molecular weight excluding hydrogens is 294 g/mol. The van der Waals surface area contributed by atoms with Gasteiger partial charge < -0.3 is 19.5 Å². The molecule has 0 atom stereocenters. The molecule has 0 fully saturated rings. The summed E-state index contributed by atoms with van der Waals surface area (Å²) in [4.78, 5) is 12.1. The lowest BCUT2D eigenvalue weighted by molar-refractivity contribution is -0.116. The van der Waals surface area contributed by atoms with Crippen LogP contribution >= 0.6 is 0 Å². The van der Waals surface area contributed by atoms with E-state index in [1.807, 2.05) is 24.3 Å². The van der Waals surface area contributed by atoms with Gasteiger partial charge in [0.2, 0.25) is 5.91 Å². The number of rotatable bonds is 7. The Balaban J connectivity index is 1.97. The lowest BCUT2D eigenvalue weighted by Gasteiger charge is -2.11. The van der Waals surface area contributed by atoms with E-state index in [-0.39, 0.29) is 5.91 Å². The molecule has 0 aliphatic rings. The van der Waals surface area contributed by atoms with Gasteiger partial charge in [0, 0.05) is 18.2 Å². The summed E-state index contributed by atoms with van der Waals surface area (Å²) in [7, 11) is 4.76. The third kappa shape index (κ3) is 4.39. The van der Waals surface area contributed by atoms with Crippen LogP contribution in [0.5, 0.6) is 17.2 Å². The highest BCUT2D eigenvalue weighted by atomic mass is 16.5. The van der Waals surface area contributed by atoms with Crippen LogP contribution in [0.4, 0.5) is 5.69 Å². The Morgan fingerprint density at radius 2 is 1.61 bits per heavy atom. The number of methoxy groups -OCH3 is 3. The van der Waals surface area contributed by atoms with Crippen molar-refractivity contribution in [1.82, 2.24) is 0 Å². The zero-order valence-electron chi connectivity index (χ0n) is 13.6. The van der Waals surface area contributed by atoms with E-state index in [1.54, 1.807) is 39.5 Å². The van der Waals surface area contributed by atoms with Crippen LogP contribution in [0.1, 0.15) is 12.0 Å². The molecule has 0 saturated carbocycles. The number of hydrogen-bond acceptors (Lipinski definition) is 4. The third-order valence-corrected chi connectivity index (χ3v) is 3.48. The Hall–Kier alpha value is -2.69. The van der Waals surface area contributed by atoms with Gasteiger partial charge in [0.1, 0.15) is 5.75 Å². The summed E-state index contributed by atoms with van der Waals surface area (Å²) in [6.45, 7) is 0. The Morgan fingerprint density at radius 1 is 0.913 bits per heavy atom. The largest absolute Gasteiger partial charge is 0.496 e. The molecule has 23 heavy (non-hydrogen) atoms. The first-order chi connectivity index (χ1) is 11.2. The quantitative estimate of drug-likeness (QED) is 0.852. The molecule has 0 bridgehead atoms. The van der Waals surface area contributed by atoms with E-state index < -0.39 is 0 Å². The highest BCUT2D eigenvalue weighted by Crippen LogP contribution is 2.29. The van der Waals surface area contributed by atoms with E-state index in [4.69, 9.17) is 14.2 Å². The van der Waals surface area contributed by atoms with Crippen molar-refractivity contribution >= 4 is 11.6 Å². The van der Waals surface area contributed by atoms with Crippen LogP contribution in [0, 0.1) is 0 Å². The molecule has 122 valence electrons. The monoisotopic (exact) mass is 315 g/mol. The molecule has 1 N–H and O–H groups in total. The first kappa shape index (κ1) is 16.7. The molecule has 0 spiro atoms. The van der Waals surface area contributed by atoms with Crippen molar-refractivity contribution in [2.24, 2.45) is 0 Å². The Labute approximate surface area is 136 Å². The minimum Gasteiger partial charge on any atom is -0.496 e. The highest BCUT2D eigenvalue weighted by molar-refractivity contribution is 5.91. The van der Waals surface area contributed by atoms with Crippen molar-refractivity contribution in [2.75, 3.05) is 26.6 Å². The van der Waals surface area contributed by atoms with Gasteiger partial charge in [0.25, 0.3) is 0 Å². The fraction of sp³-hybridized carbons (Fsp3) is 0.278. The van der Waals surface area contributed by atoms with E-state index >= 15 is 0 Å². The number of amides is 1. The van der Waals surface area contributed by atoms with Gasteiger partial charge in [-0.2, -0.15) is 0 Å². The maximum Gasteiger partial charge on any atom is 0.224 e. The zero-order valence-corrected chi connectivity index (χ0v) is 13.6. The molecule has 1 amide bonds. The first-order valence-electron chi connectivity index (χ1n) is 7.31. The van der Waals surface area contributed by atoms with Crippen molar-refractivity contribution in [3.63, 3.8) is 0 Å². The maximum atomic E-state index is 12.1. The second kappa shape index (κ2) is 8.08. The number of para-hydroxylation sites is 1. The molecule has 0 aromatic heterocycles. The van der Waals surface area contributed by atoms with E-state index in [9.17, 15) is 4.79 Å². The van der Waals surface area contributed by atoms with Gasteiger partial charge in [-0.1, -0.05) is 18.2 Å². The molecule has 5 heteroatoms. The van der Waals surface area contributed by atoms with Crippen LogP contribution < -0.4 is 19.5 Å². The van der Waals surface area contributed by atoms with Crippen molar-refractivity contribution in [1.29, 1.82) is 0 Å². The molecule has 2 rings (SSSR count). The van der Waals surface area contributed by atoms with Crippen LogP contribution in [0.3, 0.4) is 0 Å². The number of carbonyl (C=O) groups excluding carboxylic acids is 1. The van der Waals surface area contributed by atoms with Gasteiger partial charge >= 0.3 is 0 Å². The molecular formula is C18H21NO4. The number of ether oxygens (including phenoxy) is 3. The van der Waals surface area contributed by atoms with Crippen LogP contribution in [0.2, 0.25) is 0 Å². The molecule has 0 heterocycles. The summed E-state index contributed by atoms with van der Waals surface area (Å²) in [6, 6.07) is 13.0. The van der Waals surface area contributed by atoms with E-state index in [0.29, 0.717) is 30.0 Å². The smallest absolute Gasteiger partial charge is 0.224 e. The summed E-state index contributed by atoms with van der Waals surface area (Å²) in [5.74, 6) is 1.93. The molecule has 0 aliphatic heterocycles. The van der Waals surface area contributed by atoms with Gasteiger partial charge in [0.15, 0.2) is 11.5 Å². The number of anilines is 1. The third-order valence-electron chi connectivity index (χ3n) is 3.48. The topological polar surface area (TPSA) is 56.8 Å². The Morgan fingerprint density at radius 3 is 2.30 bits per heavy atom. The van der Waals surface area contributed by atoms with Crippen LogP contribution in [-0.4, -0.2) is 27.2 Å². The number of aryl methyl sites for hydroxylation is 1. The lowest BCUT2D eigenvalue weighted by atomic mass is 10.1. The van der Waals surface area contributed by atoms with Crippen LogP contribution in [0.15, 0.2) is 42.5 Å². The van der Waals surface area contributed by atoms with Crippen molar-refractivity contribution in [3.8, 4) is 17.2 Å². The lowest BCUT2D eigenvalue weighted by Crippen LogP contribution is -2.12. The predicted octanol–water partition coefficient (Wildman–Crippen LogP) is 3.28. The molecule has 2 aromatic rings. The second-order valence-electron chi connectivity index (χ2n) is 4.93. The number of benzene rings is 2. The standard InChI is InChI=1S/C18H21NO4/c1-21-15-7-5-4-6-13(15)8-11-18(20)19-14-9-10-16(22-2)17(12-14)23-3/h4-7,9-10,12H,8,11H2,1-3H3,(H,19,20). The van der Waals surface area contributed by atoms with Crippen LogP contribution in [0.25, 0.3) is 0 Å². The average molecular weight is 315 g/mol. The van der Waals surface area contributed by atoms with E-state index in [2.05, 4.69) is 5.32 Å². The summed E-state index contributed by atoms with van der Waals surface area (Å²) in [5.41, 5.74) is 1.69. The maximum absolute atomic E-state index is 12.1. The highest BCUT2D eigenvalue weighted by Gasteiger charge is 2.09. The fourth-order valence-corrected chi connectivity index (χ4v) is 2.30. The van der Waals surface area contributed by atoms with Gasteiger partial charge in [-0.3, -0.25) is 4.79 Å². The number of nitrogens with one attached hydrogen (secondary N) is 1. The summed E-state index contributed by atoms with van der Waals surface area (Å²) < 4.78 is 15.7. The molecule has 2 aromatic carbocycles. The minimum atomic E-state index is -0.0665. The van der Waals surface area contributed by atoms with Gasteiger partial charge in [-0.25, -0.2) is 0 Å². The van der Waals surface area contributed by atoms with Crippen molar-refractivity contribution in [2.45, 2.75) is 12.8 Å². The first-order valence-corrected chi connectivity index (χ1v) is 7.31. The predicted molar refractivity (Wildman–Crippen MR) is 89.5 cm³/mol. The van der Waals surface area contributed by atoms with Gasteiger partial charge in [-0.15, -0.1) is 0 Å². The number of carbonyl (C=O) groups is 1. The molecule has 0 unspecified atom stereocenters. The Kier molecular flexibility index (Phi) is 5.86. The van der Waals surface area contributed by atoms with Gasteiger partial charge in [0.05, 0.1) is 21.3 Å². The van der Waals surface area contributed by atoms with Crippen LogP contribution in [-0.2, 0) is 11.2 Å². The fourth-order valence-electron chi connectivity index (χ4n) is 2.30. The minimum absolute atomic E-state index is 0.0665. The molecule has 0 saturated heterocycles. The average Bonchev–Trinajstić information content (AvgIpc) is 2.60. The normalized spacial score (nSPS) is 10.0. The van der Waals surface area contributed by atoms with E-state index in [1.165, 1.54) is 0 Å². The Bertz CT molecular complexity index is 670. The summed E-state index contributed by atoms with van der Waals surface area (Å²) >= 11 is 0. The number of hydrogen-bond donors (Lipinski definition) is 1. The van der Waals surface area contributed by atoms with Crippen molar-refractivity contribution in [3.05, 3.63) is 48.0 Å². The zero-order chi connectivity index (χ0) is 16.7. The molecule has 5 nitrogen and oxygen atoms in total. The summed E-state index contributed by atoms with van der Waals surface area (Å²) in [6.07, 6.45) is 0.984. The van der Waals surface area contributed by atoms with E-state index in [0.717, 1.165) is 11.3 Å². The van der Waals surface area contributed by atoms with Gasteiger partial charge in [-0.05, 0) is 30.2 Å². The second-order valence-corrected chi connectivity index (χ2v) is 4.93. The SMILES string of the molecule is COc1ccccc1CCC(=O)Nc1ccc(OC)c(OC)c1. The van der Waals surface area contributed by atoms with Crippen molar-refractivity contribution < 1.29 is 19.0 Å². The summed E-state index contributed by atoms with van der Waals surface area (Å²) in [5, 5.41) is 2.86.